The molecule has 0 aliphatic rings. The molecule has 0 saturated heterocycles. The van der Waals surface area contributed by atoms with Gasteiger partial charge in [-0.1, -0.05) is 6.07 Å². The van der Waals surface area contributed by atoms with Gasteiger partial charge in [0.15, 0.2) is 0 Å². The number of carbonyl (C=O) groups excluding carboxylic acids is 1. The Balaban J connectivity index is 2.10. The third-order valence-electron chi connectivity index (χ3n) is 3.19. The second-order valence-electron chi connectivity index (χ2n) is 5.25. The van der Waals surface area contributed by atoms with Crippen LogP contribution in [0.5, 0.6) is 5.88 Å². The van der Waals surface area contributed by atoms with Crippen LogP contribution < -0.4 is 10.1 Å². The molecule has 2 heterocycles. The zero-order valence-corrected chi connectivity index (χ0v) is 13.3. The maximum absolute atomic E-state index is 12.3. The molecule has 0 radical (unpaired) electrons. The zero-order chi connectivity index (χ0) is 16.1. The van der Waals surface area contributed by atoms with E-state index in [1.54, 1.807) is 6.20 Å². The number of aromatic nitrogens is 3. The summed E-state index contributed by atoms with van der Waals surface area (Å²) in [6.07, 6.45) is 3.09. The Bertz CT molecular complexity index is 671. The molecule has 2 aromatic heterocycles. The van der Waals surface area contributed by atoms with E-state index in [0.29, 0.717) is 18.1 Å². The normalized spacial score (nSPS) is 10.6. The Morgan fingerprint density at radius 3 is 2.77 bits per heavy atom. The highest BCUT2D eigenvalue weighted by Crippen LogP contribution is 2.16. The summed E-state index contributed by atoms with van der Waals surface area (Å²) in [4.78, 5) is 24.6. The topological polar surface area (TPSA) is 77.0 Å². The van der Waals surface area contributed by atoms with E-state index in [4.69, 9.17) is 4.74 Å². The fraction of sp³-hybridized carbons (Fsp3) is 0.375. The quantitative estimate of drug-likeness (QED) is 0.916. The first-order chi connectivity index (χ1) is 10.5. The molecular weight excluding hydrogens is 280 g/mol. The smallest absolute Gasteiger partial charge is 0.270 e. The van der Waals surface area contributed by atoms with Crippen LogP contribution in [-0.4, -0.2) is 27.0 Å². The van der Waals surface area contributed by atoms with Gasteiger partial charge in [0, 0.05) is 29.6 Å². The van der Waals surface area contributed by atoms with Crippen molar-refractivity contribution in [2.45, 2.75) is 40.3 Å². The molecule has 1 N–H and O–H groups in total. The molecule has 0 atom stereocenters. The zero-order valence-electron chi connectivity index (χ0n) is 13.3. The third kappa shape index (κ3) is 3.78. The van der Waals surface area contributed by atoms with Crippen molar-refractivity contribution in [3.63, 3.8) is 0 Å². The summed E-state index contributed by atoms with van der Waals surface area (Å²) >= 11 is 0. The van der Waals surface area contributed by atoms with E-state index in [1.807, 2.05) is 39.8 Å². The Labute approximate surface area is 130 Å². The van der Waals surface area contributed by atoms with Crippen molar-refractivity contribution in [3.8, 4) is 5.88 Å². The van der Waals surface area contributed by atoms with Gasteiger partial charge in [-0.15, -0.1) is 0 Å². The lowest BCUT2D eigenvalue weighted by atomic mass is 10.2. The van der Waals surface area contributed by atoms with Crippen LogP contribution in [-0.2, 0) is 6.54 Å². The highest BCUT2D eigenvalue weighted by Gasteiger charge is 2.14. The van der Waals surface area contributed by atoms with Crippen molar-refractivity contribution in [1.29, 1.82) is 0 Å². The van der Waals surface area contributed by atoms with Gasteiger partial charge in [0.25, 0.3) is 5.91 Å². The summed E-state index contributed by atoms with van der Waals surface area (Å²) in [5.74, 6) is 0.302. The summed E-state index contributed by atoms with van der Waals surface area (Å²) in [5, 5.41) is 2.85. The second kappa shape index (κ2) is 6.98. The highest BCUT2D eigenvalue weighted by molar-refractivity contribution is 5.93. The standard InChI is InChI=1S/C16H20N4O2/c1-10(2)22-16-13(6-5-7-17-16)8-18-15(21)14-11(3)12(4)19-9-20-14/h5-7,9-10H,8H2,1-4H3,(H,18,21). The number of pyridine rings is 1. The van der Waals surface area contributed by atoms with E-state index in [9.17, 15) is 4.79 Å². The Hall–Kier alpha value is -2.50. The molecule has 2 aromatic rings. The Kier molecular flexibility index (Phi) is 5.04. The van der Waals surface area contributed by atoms with E-state index < -0.39 is 0 Å². The highest BCUT2D eigenvalue weighted by atomic mass is 16.5. The number of hydrogen-bond acceptors (Lipinski definition) is 5. The van der Waals surface area contributed by atoms with Gasteiger partial charge in [-0.05, 0) is 33.8 Å². The van der Waals surface area contributed by atoms with Gasteiger partial charge in [0.05, 0.1) is 6.10 Å². The van der Waals surface area contributed by atoms with Crippen LogP contribution >= 0.6 is 0 Å². The lowest BCUT2D eigenvalue weighted by Gasteiger charge is -2.13. The molecular formula is C16H20N4O2. The van der Waals surface area contributed by atoms with Crippen LogP contribution in [0, 0.1) is 13.8 Å². The first-order valence-corrected chi connectivity index (χ1v) is 7.16. The molecule has 0 aliphatic carbocycles. The molecule has 0 fully saturated rings. The number of carbonyl (C=O) groups is 1. The maximum Gasteiger partial charge on any atom is 0.270 e. The van der Waals surface area contributed by atoms with Gasteiger partial charge in [-0.3, -0.25) is 4.79 Å². The van der Waals surface area contributed by atoms with Gasteiger partial charge in [-0.2, -0.15) is 0 Å². The number of nitrogens with zero attached hydrogens (tertiary/aromatic N) is 3. The summed E-state index contributed by atoms with van der Waals surface area (Å²) in [7, 11) is 0. The molecule has 0 bridgehead atoms. The van der Waals surface area contributed by atoms with Crippen molar-refractivity contribution in [1.82, 2.24) is 20.3 Å². The molecule has 1 amide bonds. The summed E-state index contributed by atoms with van der Waals surface area (Å²) in [6.45, 7) is 7.89. The minimum atomic E-state index is -0.234. The molecule has 2 rings (SSSR count). The lowest BCUT2D eigenvalue weighted by molar-refractivity contribution is 0.0944. The van der Waals surface area contributed by atoms with Crippen LogP contribution in [0.25, 0.3) is 0 Å². The monoisotopic (exact) mass is 300 g/mol. The molecule has 0 unspecified atom stereocenters. The summed E-state index contributed by atoms with van der Waals surface area (Å²) in [6, 6.07) is 3.69. The van der Waals surface area contributed by atoms with Crippen molar-refractivity contribution < 1.29 is 9.53 Å². The fourth-order valence-electron chi connectivity index (χ4n) is 1.91. The van der Waals surface area contributed by atoms with E-state index in [-0.39, 0.29) is 12.0 Å². The first kappa shape index (κ1) is 15.9. The maximum atomic E-state index is 12.3. The van der Waals surface area contributed by atoms with Crippen LogP contribution in [0.1, 0.15) is 41.2 Å². The number of nitrogens with one attached hydrogen (secondary N) is 1. The first-order valence-electron chi connectivity index (χ1n) is 7.16. The van der Waals surface area contributed by atoms with Crippen molar-refractivity contribution in [2.24, 2.45) is 0 Å². The van der Waals surface area contributed by atoms with E-state index in [2.05, 4.69) is 20.3 Å². The van der Waals surface area contributed by atoms with Gasteiger partial charge in [0.1, 0.15) is 12.0 Å². The number of hydrogen-bond donors (Lipinski definition) is 1. The van der Waals surface area contributed by atoms with Gasteiger partial charge >= 0.3 is 0 Å². The molecule has 22 heavy (non-hydrogen) atoms. The minimum absolute atomic E-state index is 0.0242. The van der Waals surface area contributed by atoms with Crippen molar-refractivity contribution in [3.05, 3.63) is 47.2 Å². The lowest BCUT2D eigenvalue weighted by Crippen LogP contribution is -2.25. The predicted octanol–water partition coefficient (Wildman–Crippen LogP) is 2.21. The van der Waals surface area contributed by atoms with Crippen LogP contribution in [0.2, 0.25) is 0 Å². The third-order valence-corrected chi connectivity index (χ3v) is 3.19. The minimum Gasteiger partial charge on any atom is -0.475 e. The molecule has 116 valence electrons. The van der Waals surface area contributed by atoms with E-state index in [1.165, 1.54) is 6.33 Å². The van der Waals surface area contributed by atoms with E-state index in [0.717, 1.165) is 16.8 Å². The molecule has 0 aliphatic heterocycles. The fourth-order valence-corrected chi connectivity index (χ4v) is 1.91. The van der Waals surface area contributed by atoms with Crippen LogP contribution in [0.3, 0.4) is 0 Å². The second-order valence-corrected chi connectivity index (χ2v) is 5.25. The molecule has 0 spiro atoms. The molecule has 0 saturated carbocycles. The van der Waals surface area contributed by atoms with Gasteiger partial charge in [-0.25, -0.2) is 15.0 Å². The van der Waals surface area contributed by atoms with Crippen molar-refractivity contribution >= 4 is 5.91 Å². The molecule has 6 heteroatoms. The van der Waals surface area contributed by atoms with E-state index >= 15 is 0 Å². The Morgan fingerprint density at radius 2 is 2.05 bits per heavy atom. The SMILES string of the molecule is Cc1ncnc(C(=O)NCc2cccnc2OC(C)C)c1C. The largest absolute Gasteiger partial charge is 0.475 e. The summed E-state index contributed by atoms with van der Waals surface area (Å²) in [5.41, 5.74) is 2.80. The molecule has 6 nitrogen and oxygen atoms in total. The average Bonchev–Trinajstić information content (AvgIpc) is 2.48. The van der Waals surface area contributed by atoms with Crippen molar-refractivity contribution in [2.75, 3.05) is 0 Å². The number of rotatable bonds is 5. The number of aryl methyl sites for hydroxylation is 1. The van der Waals surface area contributed by atoms with Crippen LogP contribution in [0.4, 0.5) is 0 Å². The number of ether oxygens (including phenoxy) is 1. The Morgan fingerprint density at radius 1 is 1.27 bits per heavy atom. The summed E-state index contributed by atoms with van der Waals surface area (Å²) < 4.78 is 5.64. The number of amides is 1. The molecule has 0 aromatic carbocycles. The van der Waals surface area contributed by atoms with Gasteiger partial charge in [0.2, 0.25) is 5.88 Å². The predicted molar refractivity (Wildman–Crippen MR) is 82.7 cm³/mol. The van der Waals surface area contributed by atoms with Gasteiger partial charge < -0.3 is 10.1 Å². The van der Waals surface area contributed by atoms with Crippen LogP contribution in [0.15, 0.2) is 24.7 Å². The average molecular weight is 300 g/mol.